The van der Waals surface area contributed by atoms with Crippen LogP contribution >= 0.6 is 0 Å². The van der Waals surface area contributed by atoms with Gasteiger partial charge < -0.3 is 25.8 Å². The van der Waals surface area contributed by atoms with Crippen LogP contribution in [-0.4, -0.2) is 46.0 Å². The van der Waals surface area contributed by atoms with E-state index in [4.69, 9.17) is 20.7 Å². The van der Waals surface area contributed by atoms with E-state index >= 15 is 0 Å². The molecule has 5 N–H and O–H groups in total. The Labute approximate surface area is 64.4 Å². The summed E-state index contributed by atoms with van der Waals surface area (Å²) in [6, 6.07) is -0.839. The van der Waals surface area contributed by atoms with Crippen molar-refractivity contribution in [2.75, 3.05) is 0 Å². The zero-order chi connectivity index (χ0) is 8.59. The predicted octanol–water partition coefficient (Wildman–Crippen LogP) is -2.23. The lowest BCUT2D eigenvalue weighted by Crippen LogP contribution is -2.60. The molecule has 0 aromatic rings. The number of aliphatic hydroxyl groups is 3. The summed E-state index contributed by atoms with van der Waals surface area (Å²) in [5.74, 6) is 0. The molecule has 0 radical (unpaired) electrons. The number of ether oxygens (including phenoxy) is 1. The average Bonchev–Trinajstić information content (AvgIpc) is 1.97. The second-order valence-corrected chi connectivity index (χ2v) is 2.79. The first-order chi connectivity index (χ1) is 5.04. The molecule has 0 aromatic heterocycles. The van der Waals surface area contributed by atoms with E-state index in [1.54, 1.807) is 6.92 Å². The minimum Gasteiger partial charge on any atom is -0.389 e. The van der Waals surface area contributed by atoms with Crippen molar-refractivity contribution in [2.45, 2.75) is 37.6 Å². The van der Waals surface area contributed by atoms with Gasteiger partial charge in [-0.2, -0.15) is 0 Å². The van der Waals surface area contributed by atoms with Crippen LogP contribution in [0.3, 0.4) is 0 Å². The Morgan fingerprint density at radius 3 is 2.27 bits per heavy atom. The Morgan fingerprint density at radius 1 is 1.18 bits per heavy atom. The summed E-state index contributed by atoms with van der Waals surface area (Å²) in [6.45, 7) is 1.58. The molecule has 0 amide bonds. The normalized spacial score (nSPS) is 52.6. The molecule has 0 spiro atoms. The van der Waals surface area contributed by atoms with Gasteiger partial charge in [0, 0.05) is 0 Å². The van der Waals surface area contributed by atoms with Crippen molar-refractivity contribution in [3.63, 3.8) is 0 Å². The lowest BCUT2D eigenvalue weighted by atomic mass is 9.98. The van der Waals surface area contributed by atoms with Crippen molar-refractivity contribution in [2.24, 2.45) is 5.73 Å². The van der Waals surface area contributed by atoms with E-state index in [9.17, 15) is 5.11 Å². The molecule has 1 aliphatic rings. The molecule has 66 valence electrons. The average molecular weight is 163 g/mol. The standard InChI is InChI=1S/C6H13NO4/c1-2-4(8)3(7)5(9)6(10)11-2/h2-6,8-10H,7H2,1H3/t2-,3+,4+,5-,6?/m1/s1. The molecule has 1 heterocycles. The van der Waals surface area contributed by atoms with E-state index in [0.29, 0.717) is 0 Å². The molecule has 1 unspecified atom stereocenters. The molecule has 0 bridgehead atoms. The molecule has 0 aliphatic carbocycles. The quantitative estimate of drug-likeness (QED) is 0.324. The predicted molar refractivity (Wildman–Crippen MR) is 36.5 cm³/mol. The molecule has 5 nitrogen and oxygen atoms in total. The van der Waals surface area contributed by atoms with Crippen LogP contribution in [0.1, 0.15) is 6.92 Å². The van der Waals surface area contributed by atoms with Gasteiger partial charge in [0.05, 0.1) is 18.2 Å². The highest BCUT2D eigenvalue weighted by atomic mass is 16.6. The Hall–Kier alpha value is -0.200. The van der Waals surface area contributed by atoms with Crippen molar-refractivity contribution < 1.29 is 20.1 Å². The van der Waals surface area contributed by atoms with Gasteiger partial charge >= 0.3 is 0 Å². The van der Waals surface area contributed by atoms with Gasteiger partial charge in [0.25, 0.3) is 0 Å². The van der Waals surface area contributed by atoms with Crippen molar-refractivity contribution in [1.82, 2.24) is 0 Å². The van der Waals surface area contributed by atoms with Crippen LogP contribution in [0.25, 0.3) is 0 Å². The molecule has 5 atom stereocenters. The third kappa shape index (κ3) is 1.52. The topological polar surface area (TPSA) is 95.9 Å². The zero-order valence-corrected chi connectivity index (χ0v) is 6.21. The van der Waals surface area contributed by atoms with E-state index < -0.39 is 30.6 Å². The van der Waals surface area contributed by atoms with Crippen LogP contribution < -0.4 is 5.73 Å². The van der Waals surface area contributed by atoms with Crippen LogP contribution in [0.5, 0.6) is 0 Å². The zero-order valence-electron chi connectivity index (χ0n) is 6.21. The van der Waals surface area contributed by atoms with Crippen molar-refractivity contribution in [3.8, 4) is 0 Å². The summed E-state index contributed by atoms with van der Waals surface area (Å²) in [5, 5.41) is 27.3. The van der Waals surface area contributed by atoms with Gasteiger partial charge in [0.15, 0.2) is 6.29 Å². The molecule has 0 aromatic carbocycles. The second-order valence-electron chi connectivity index (χ2n) is 2.79. The Balaban J connectivity index is 2.63. The van der Waals surface area contributed by atoms with E-state index in [2.05, 4.69) is 0 Å². The third-order valence-corrected chi connectivity index (χ3v) is 1.92. The van der Waals surface area contributed by atoms with Gasteiger partial charge in [-0.25, -0.2) is 0 Å². The maximum absolute atomic E-state index is 9.21. The maximum atomic E-state index is 9.21. The fourth-order valence-electron chi connectivity index (χ4n) is 1.09. The Kier molecular flexibility index (Phi) is 2.46. The van der Waals surface area contributed by atoms with Gasteiger partial charge in [0.2, 0.25) is 0 Å². The maximum Gasteiger partial charge on any atom is 0.182 e. The number of rotatable bonds is 0. The summed E-state index contributed by atoms with van der Waals surface area (Å²) in [6.07, 6.45) is -3.96. The van der Waals surface area contributed by atoms with Crippen molar-refractivity contribution in [3.05, 3.63) is 0 Å². The summed E-state index contributed by atoms with van der Waals surface area (Å²) in [5.41, 5.74) is 5.36. The van der Waals surface area contributed by atoms with Gasteiger partial charge in [-0.05, 0) is 6.92 Å². The lowest BCUT2D eigenvalue weighted by Gasteiger charge is -2.37. The van der Waals surface area contributed by atoms with Crippen LogP contribution in [0.15, 0.2) is 0 Å². The van der Waals surface area contributed by atoms with Crippen molar-refractivity contribution >= 4 is 0 Å². The molecule has 1 saturated heterocycles. The van der Waals surface area contributed by atoms with Crippen LogP contribution in [0.4, 0.5) is 0 Å². The smallest absolute Gasteiger partial charge is 0.182 e. The molecular weight excluding hydrogens is 150 g/mol. The highest BCUT2D eigenvalue weighted by Crippen LogP contribution is 2.17. The highest BCUT2D eigenvalue weighted by molar-refractivity contribution is 4.89. The summed E-state index contributed by atoms with van der Waals surface area (Å²) in [7, 11) is 0. The molecule has 1 fully saturated rings. The third-order valence-electron chi connectivity index (χ3n) is 1.92. The highest BCUT2D eigenvalue weighted by Gasteiger charge is 2.39. The summed E-state index contributed by atoms with van der Waals surface area (Å²) >= 11 is 0. The molecule has 11 heavy (non-hydrogen) atoms. The first-order valence-corrected chi connectivity index (χ1v) is 3.49. The number of hydrogen-bond acceptors (Lipinski definition) is 5. The first-order valence-electron chi connectivity index (χ1n) is 3.49. The second kappa shape index (κ2) is 3.04. The van der Waals surface area contributed by atoms with E-state index in [1.807, 2.05) is 0 Å². The number of nitrogens with two attached hydrogens (primary N) is 1. The minimum absolute atomic E-state index is 0.539. The van der Waals surface area contributed by atoms with Gasteiger partial charge in [0.1, 0.15) is 6.10 Å². The monoisotopic (exact) mass is 163 g/mol. The number of aliphatic hydroxyl groups excluding tert-OH is 3. The fraction of sp³-hybridized carbons (Fsp3) is 1.00. The van der Waals surface area contributed by atoms with Gasteiger partial charge in [-0.3, -0.25) is 0 Å². The molecular formula is C6H13NO4. The van der Waals surface area contributed by atoms with E-state index in [0.717, 1.165) is 0 Å². The molecule has 0 saturated carbocycles. The first kappa shape index (κ1) is 8.89. The van der Waals surface area contributed by atoms with Crippen molar-refractivity contribution in [1.29, 1.82) is 0 Å². The SMILES string of the molecule is C[C@H]1OC(O)[C@H](O)[C@@H](N)[C@H]1O. The van der Waals surface area contributed by atoms with Crippen LogP contribution in [0.2, 0.25) is 0 Å². The minimum atomic E-state index is -1.29. The largest absolute Gasteiger partial charge is 0.389 e. The van der Waals surface area contributed by atoms with E-state index in [-0.39, 0.29) is 0 Å². The summed E-state index contributed by atoms with van der Waals surface area (Å²) in [4.78, 5) is 0. The molecule has 1 rings (SSSR count). The van der Waals surface area contributed by atoms with Crippen LogP contribution in [0, 0.1) is 0 Å². The lowest BCUT2D eigenvalue weighted by molar-refractivity contribution is -0.247. The van der Waals surface area contributed by atoms with E-state index in [1.165, 1.54) is 0 Å². The summed E-state index contributed by atoms with van der Waals surface area (Å²) < 4.78 is 4.76. The van der Waals surface area contributed by atoms with Crippen LogP contribution in [-0.2, 0) is 4.74 Å². The Bertz CT molecular complexity index is 129. The fourth-order valence-corrected chi connectivity index (χ4v) is 1.09. The molecule has 1 aliphatic heterocycles. The Morgan fingerprint density at radius 2 is 1.73 bits per heavy atom. The molecule has 5 heteroatoms. The van der Waals surface area contributed by atoms with Gasteiger partial charge in [-0.1, -0.05) is 0 Å². The van der Waals surface area contributed by atoms with Gasteiger partial charge in [-0.15, -0.1) is 0 Å². The number of hydrogen-bond donors (Lipinski definition) is 4.